The van der Waals surface area contributed by atoms with Crippen LogP contribution in [0.3, 0.4) is 0 Å². The Balaban J connectivity index is 1.32. The molecule has 0 spiro atoms. The van der Waals surface area contributed by atoms with Crippen LogP contribution in [0.2, 0.25) is 0 Å². The molecule has 3 aromatic carbocycles. The Morgan fingerprint density at radius 1 is 0.956 bits per heavy atom. The van der Waals surface area contributed by atoms with Gasteiger partial charge in [-0.3, -0.25) is 4.79 Å². The molecule has 0 bridgehead atoms. The van der Waals surface area contributed by atoms with Crippen molar-refractivity contribution < 1.29 is 16.8 Å². The standard InChI is InChI=1S/C31H29N7O5S2/c1-20-16-22(38-15-14-32-19-38)17-26-29(20)36-30(35-26)28-25(12-13-33-31(28)39)34-18-27(21-6-4-3-5-7-21)37-45(42,43)24-10-8-23(9-11-24)44(2,40)41/h3-17,19,27,37H,18H2,1-2H3,(H,35,36)(H2,33,34,39)/t27-/m1/s1. The number of rotatable bonds is 10. The molecule has 4 N–H and O–H groups in total. The number of sulfone groups is 1. The summed E-state index contributed by atoms with van der Waals surface area (Å²) in [7, 11) is -7.56. The molecule has 6 rings (SSSR count). The SMILES string of the molecule is Cc1cc(-n2ccnc2)cc2[nH]c(-c3c(NC[C@@H](NS(=O)(=O)c4ccc(S(C)(=O)=O)cc4)c4ccccc4)cc[nH]c3=O)nc12. The van der Waals surface area contributed by atoms with E-state index in [0.29, 0.717) is 22.6 Å². The zero-order valence-corrected chi connectivity index (χ0v) is 25.9. The average Bonchev–Trinajstić information content (AvgIpc) is 3.70. The smallest absolute Gasteiger partial charge is 0.261 e. The van der Waals surface area contributed by atoms with Crippen molar-refractivity contribution in [3.8, 4) is 17.1 Å². The third-order valence-electron chi connectivity index (χ3n) is 7.32. The summed E-state index contributed by atoms with van der Waals surface area (Å²) in [6.45, 7) is 2.01. The first-order chi connectivity index (χ1) is 21.5. The van der Waals surface area contributed by atoms with E-state index in [0.717, 1.165) is 23.0 Å². The normalized spacial score (nSPS) is 12.8. The number of imidazole rings is 2. The fourth-order valence-corrected chi connectivity index (χ4v) is 6.91. The summed E-state index contributed by atoms with van der Waals surface area (Å²) in [4.78, 5) is 27.9. The van der Waals surface area contributed by atoms with Gasteiger partial charge in [-0.25, -0.2) is 31.5 Å². The molecule has 12 nitrogen and oxygen atoms in total. The molecule has 45 heavy (non-hydrogen) atoms. The number of H-pyrrole nitrogens is 2. The van der Waals surface area contributed by atoms with Gasteiger partial charge in [-0.2, -0.15) is 0 Å². The molecule has 0 saturated heterocycles. The summed E-state index contributed by atoms with van der Waals surface area (Å²) in [6, 6.07) is 18.9. The second kappa shape index (κ2) is 11.8. The Bertz CT molecular complexity index is 2260. The number of fused-ring (bicyclic) bond motifs is 1. The van der Waals surface area contributed by atoms with Crippen LogP contribution in [0.5, 0.6) is 0 Å². The van der Waals surface area contributed by atoms with Crippen molar-refractivity contribution in [3.05, 3.63) is 119 Å². The highest BCUT2D eigenvalue weighted by Crippen LogP contribution is 2.28. The molecule has 0 radical (unpaired) electrons. The Morgan fingerprint density at radius 2 is 1.69 bits per heavy atom. The minimum atomic E-state index is -4.07. The number of hydrogen-bond acceptors (Lipinski definition) is 8. The number of sulfonamides is 1. The van der Waals surface area contributed by atoms with Crippen LogP contribution in [0.1, 0.15) is 17.2 Å². The van der Waals surface area contributed by atoms with E-state index in [4.69, 9.17) is 4.98 Å². The summed E-state index contributed by atoms with van der Waals surface area (Å²) in [6.07, 6.45) is 7.79. The molecule has 0 aliphatic rings. The molecule has 3 aromatic heterocycles. The third kappa shape index (κ3) is 6.29. The number of pyridine rings is 1. The van der Waals surface area contributed by atoms with Crippen LogP contribution in [0.15, 0.2) is 112 Å². The Hall–Kier alpha value is -5.05. The van der Waals surface area contributed by atoms with E-state index in [1.54, 1.807) is 42.9 Å². The van der Waals surface area contributed by atoms with E-state index in [9.17, 15) is 21.6 Å². The van der Waals surface area contributed by atoms with Gasteiger partial charge in [0.15, 0.2) is 9.84 Å². The molecule has 0 amide bonds. The first-order valence-corrected chi connectivity index (χ1v) is 17.2. The molecular weight excluding hydrogens is 615 g/mol. The molecule has 0 saturated carbocycles. The lowest BCUT2D eigenvalue weighted by Crippen LogP contribution is -2.33. The zero-order chi connectivity index (χ0) is 31.8. The van der Waals surface area contributed by atoms with Crippen molar-refractivity contribution >= 4 is 36.6 Å². The van der Waals surface area contributed by atoms with Gasteiger partial charge in [-0.1, -0.05) is 30.3 Å². The molecular formula is C31H29N7O5S2. The van der Waals surface area contributed by atoms with E-state index in [2.05, 4.69) is 25.0 Å². The molecule has 1 atom stereocenters. The largest absolute Gasteiger partial charge is 0.382 e. The van der Waals surface area contributed by atoms with Crippen molar-refractivity contribution in [1.82, 2.24) is 29.2 Å². The average molecular weight is 644 g/mol. The monoisotopic (exact) mass is 643 g/mol. The number of anilines is 1. The van der Waals surface area contributed by atoms with Crippen molar-refractivity contribution in [3.63, 3.8) is 0 Å². The van der Waals surface area contributed by atoms with E-state index in [1.165, 1.54) is 30.5 Å². The number of aromatic nitrogens is 5. The minimum Gasteiger partial charge on any atom is -0.382 e. The van der Waals surface area contributed by atoms with E-state index in [1.807, 2.05) is 35.9 Å². The molecule has 0 unspecified atom stereocenters. The van der Waals surface area contributed by atoms with Gasteiger partial charge in [0.2, 0.25) is 10.0 Å². The van der Waals surface area contributed by atoms with Crippen LogP contribution in [0.25, 0.3) is 28.1 Å². The third-order valence-corrected chi connectivity index (χ3v) is 9.94. The zero-order valence-electron chi connectivity index (χ0n) is 24.2. The summed E-state index contributed by atoms with van der Waals surface area (Å²) < 4.78 is 55.1. The van der Waals surface area contributed by atoms with Crippen molar-refractivity contribution in [1.29, 1.82) is 0 Å². The van der Waals surface area contributed by atoms with Crippen molar-refractivity contribution in [2.45, 2.75) is 22.8 Å². The number of nitrogens with zero attached hydrogens (tertiary/aromatic N) is 3. The highest BCUT2D eigenvalue weighted by Gasteiger charge is 2.23. The maximum atomic E-state index is 13.4. The van der Waals surface area contributed by atoms with Gasteiger partial charge in [0, 0.05) is 37.1 Å². The predicted molar refractivity (Wildman–Crippen MR) is 172 cm³/mol. The van der Waals surface area contributed by atoms with E-state index >= 15 is 0 Å². The maximum Gasteiger partial charge on any atom is 0.261 e. The van der Waals surface area contributed by atoms with Crippen LogP contribution in [0.4, 0.5) is 5.69 Å². The number of hydrogen-bond donors (Lipinski definition) is 4. The first kappa shape index (κ1) is 30.0. The van der Waals surface area contributed by atoms with Gasteiger partial charge in [0.1, 0.15) is 11.4 Å². The predicted octanol–water partition coefficient (Wildman–Crippen LogP) is 3.95. The minimum absolute atomic E-state index is 0.0169. The number of aryl methyl sites for hydroxylation is 1. The highest BCUT2D eigenvalue weighted by atomic mass is 32.2. The molecule has 0 aliphatic heterocycles. The molecule has 0 fully saturated rings. The fourth-order valence-electron chi connectivity index (χ4n) is 5.06. The van der Waals surface area contributed by atoms with E-state index < -0.39 is 25.9 Å². The van der Waals surface area contributed by atoms with Crippen molar-refractivity contribution in [2.24, 2.45) is 0 Å². The molecule has 6 aromatic rings. The maximum absolute atomic E-state index is 13.4. The quantitative estimate of drug-likeness (QED) is 0.174. The summed E-state index contributed by atoms with van der Waals surface area (Å²) in [5.74, 6) is 0.350. The van der Waals surface area contributed by atoms with Crippen LogP contribution in [-0.4, -0.2) is 54.1 Å². The first-order valence-electron chi connectivity index (χ1n) is 13.8. The topological polar surface area (TPSA) is 172 Å². The second-order valence-corrected chi connectivity index (χ2v) is 14.2. The van der Waals surface area contributed by atoms with Gasteiger partial charge in [-0.05, 0) is 60.5 Å². The van der Waals surface area contributed by atoms with Crippen LogP contribution in [-0.2, 0) is 19.9 Å². The van der Waals surface area contributed by atoms with Gasteiger partial charge in [0.25, 0.3) is 5.56 Å². The van der Waals surface area contributed by atoms with Crippen molar-refractivity contribution in [2.75, 3.05) is 18.1 Å². The molecule has 14 heteroatoms. The Kier molecular flexibility index (Phi) is 7.87. The Morgan fingerprint density at radius 3 is 2.38 bits per heavy atom. The van der Waals surface area contributed by atoms with E-state index in [-0.39, 0.29) is 27.5 Å². The van der Waals surface area contributed by atoms with Crippen LogP contribution < -0.4 is 15.6 Å². The van der Waals surface area contributed by atoms with Gasteiger partial charge >= 0.3 is 0 Å². The number of nitrogens with one attached hydrogen (secondary N) is 4. The Labute approximate surface area is 259 Å². The van der Waals surface area contributed by atoms with Crippen LogP contribution >= 0.6 is 0 Å². The second-order valence-electron chi connectivity index (χ2n) is 10.5. The highest BCUT2D eigenvalue weighted by molar-refractivity contribution is 7.90. The van der Waals surface area contributed by atoms with Crippen LogP contribution in [0, 0.1) is 6.92 Å². The lowest BCUT2D eigenvalue weighted by Gasteiger charge is -2.21. The molecule has 230 valence electrons. The lowest BCUT2D eigenvalue weighted by molar-refractivity contribution is 0.561. The fraction of sp³-hybridized carbons (Fsp3) is 0.129. The summed E-state index contributed by atoms with van der Waals surface area (Å²) >= 11 is 0. The lowest BCUT2D eigenvalue weighted by atomic mass is 10.1. The summed E-state index contributed by atoms with van der Waals surface area (Å²) in [5.41, 5.74) is 4.25. The molecule has 0 aliphatic carbocycles. The molecule has 3 heterocycles. The number of aromatic amines is 2. The van der Waals surface area contributed by atoms with Gasteiger partial charge in [0.05, 0.1) is 38.9 Å². The summed E-state index contributed by atoms with van der Waals surface area (Å²) in [5, 5.41) is 3.25. The van der Waals surface area contributed by atoms with Gasteiger partial charge in [-0.15, -0.1) is 0 Å². The van der Waals surface area contributed by atoms with Gasteiger partial charge < -0.3 is 19.9 Å². The number of benzene rings is 3.